The van der Waals surface area contributed by atoms with Gasteiger partial charge in [-0.15, -0.1) is 5.10 Å². The van der Waals surface area contributed by atoms with Crippen LogP contribution in [0, 0.1) is 5.82 Å². The van der Waals surface area contributed by atoms with E-state index in [0.717, 1.165) is 25.1 Å². The molecule has 0 aliphatic rings. The summed E-state index contributed by atoms with van der Waals surface area (Å²) in [6, 6.07) is 5.99. The molecule has 19 heavy (non-hydrogen) atoms. The maximum Gasteiger partial charge on any atom is 0.123 e. The van der Waals surface area contributed by atoms with Gasteiger partial charge in [0.15, 0.2) is 0 Å². The van der Waals surface area contributed by atoms with E-state index in [-0.39, 0.29) is 5.82 Å². The fourth-order valence-corrected chi connectivity index (χ4v) is 1.66. The molecular formula is C13H17FN4O. The highest BCUT2D eigenvalue weighted by atomic mass is 19.1. The van der Waals surface area contributed by atoms with Gasteiger partial charge < -0.3 is 10.5 Å². The van der Waals surface area contributed by atoms with Gasteiger partial charge in [-0.2, -0.15) is 0 Å². The first-order valence-electron chi connectivity index (χ1n) is 6.25. The molecule has 0 atom stereocenters. The van der Waals surface area contributed by atoms with Gasteiger partial charge in [-0.05, 0) is 30.8 Å². The first kappa shape index (κ1) is 13.5. The Kier molecular flexibility index (Phi) is 4.85. The molecule has 6 heteroatoms. The summed E-state index contributed by atoms with van der Waals surface area (Å²) in [5.41, 5.74) is 6.35. The average molecular weight is 264 g/mol. The lowest BCUT2D eigenvalue weighted by atomic mass is 10.3. The Hall–Kier alpha value is -1.95. The van der Waals surface area contributed by atoms with Crippen LogP contribution in [0.5, 0.6) is 5.75 Å². The number of hydrogen-bond donors (Lipinski definition) is 1. The van der Waals surface area contributed by atoms with Crippen LogP contribution in [0.3, 0.4) is 0 Å². The van der Waals surface area contributed by atoms with E-state index in [1.807, 2.05) is 6.20 Å². The van der Waals surface area contributed by atoms with Crippen LogP contribution in [0.2, 0.25) is 0 Å². The van der Waals surface area contributed by atoms with Gasteiger partial charge in [0.1, 0.15) is 11.6 Å². The molecule has 0 amide bonds. The molecule has 0 aliphatic carbocycles. The number of aromatic nitrogens is 3. The third-order valence-electron chi connectivity index (χ3n) is 2.60. The van der Waals surface area contributed by atoms with E-state index >= 15 is 0 Å². The molecule has 0 saturated heterocycles. The number of rotatable bonds is 7. The second kappa shape index (κ2) is 6.84. The van der Waals surface area contributed by atoms with Gasteiger partial charge in [0.2, 0.25) is 0 Å². The normalized spacial score (nSPS) is 10.6. The Labute approximate surface area is 111 Å². The van der Waals surface area contributed by atoms with Gasteiger partial charge in [-0.1, -0.05) is 5.21 Å². The lowest BCUT2D eigenvalue weighted by molar-refractivity contribution is 0.297. The zero-order valence-corrected chi connectivity index (χ0v) is 10.6. The smallest absolute Gasteiger partial charge is 0.123 e. The molecule has 2 N–H and O–H groups in total. The van der Waals surface area contributed by atoms with Gasteiger partial charge in [-0.25, -0.2) is 4.39 Å². The van der Waals surface area contributed by atoms with Crippen molar-refractivity contribution in [2.75, 3.05) is 13.2 Å². The number of nitrogens with zero attached hydrogens (tertiary/aromatic N) is 3. The summed E-state index contributed by atoms with van der Waals surface area (Å²) in [7, 11) is 0. The van der Waals surface area contributed by atoms with Crippen LogP contribution in [0.15, 0.2) is 30.5 Å². The van der Waals surface area contributed by atoms with Crippen LogP contribution in [0.25, 0.3) is 0 Å². The van der Waals surface area contributed by atoms with Crippen molar-refractivity contribution < 1.29 is 9.13 Å². The molecule has 1 aromatic carbocycles. The lowest BCUT2D eigenvalue weighted by Gasteiger charge is -2.05. The molecule has 0 radical (unpaired) electrons. The van der Waals surface area contributed by atoms with Crippen molar-refractivity contribution >= 4 is 0 Å². The molecule has 5 nitrogen and oxygen atoms in total. The fraction of sp³-hybridized carbons (Fsp3) is 0.385. The van der Waals surface area contributed by atoms with Crippen LogP contribution >= 0.6 is 0 Å². The summed E-state index contributed by atoms with van der Waals surface area (Å²) < 4.78 is 19.9. The number of ether oxygens (including phenoxy) is 1. The predicted octanol–water partition coefficient (Wildman–Crippen LogP) is 1.39. The standard InChI is InChI=1S/C13H17FN4O/c14-11-2-4-13(5-3-11)19-9-1-8-18-10-12(6-7-15)16-17-18/h2-5,10H,1,6-9,15H2. The van der Waals surface area contributed by atoms with E-state index in [4.69, 9.17) is 10.5 Å². The van der Waals surface area contributed by atoms with Gasteiger partial charge in [0.25, 0.3) is 0 Å². The quantitative estimate of drug-likeness (QED) is 0.767. The summed E-state index contributed by atoms with van der Waals surface area (Å²) in [5, 5.41) is 8.00. The molecule has 1 aromatic heterocycles. The summed E-state index contributed by atoms with van der Waals surface area (Å²) in [6.07, 6.45) is 3.44. The minimum absolute atomic E-state index is 0.262. The van der Waals surface area contributed by atoms with Crippen molar-refractivity contribution in [3.63, 3.8) is 0 Å². The number of benzene rings is 1. The predicted molar refractivity (Wildman–Crippen MR) is 69.3 cm³/mol. The molecule has 2 rings (SSSR count). The van der Waals surface area contributed by atoms with Gasteiger partial charge >= 0.3 is 0 Å². The maximum absolute atomic E-state index is 12.7. The molecule has 2 aromatic rings. The van der Waals surface area contributed by atoms with Crippen molar-refractivity contribution in [2.24, 2.45) is 5.73 Å². The molecule has 1 heterocycles. The Morgan fingerprint density at radius 3 is 2.79 bits per heavy atom. The van der Waals surface area contributed by atoms with Crippen molar-refractivity contribution in [1.82, 2.24) is 15.0 Å². The van der Waals surface area contributed by atoms with Crippen molar-refractivity contribution in [1.29, 1.82) is 0 Å². The van der Waals surface area contributed by atoms with Crippen molar-refractivity contribution in [3.8, 4) is 5.75 Å². The SMILES string of the molecule is NCCc1cn(CCCOc2ccc(F)cc2)nn1. The summed E-state index contributed by atoms with van der Waals surface area (Å²) in [6.45, 7) is 1.86. The number of hydrogen-bond acceptors (Lipinski definition) is 4. The van der Waals surface area contributed by atoms with E-state index in [1.165, 1.54) is 12.1 Å². The Morgan fingerprint density at radius 1 is 1.26 bits per heavy atom. The van der Waals surface area contributed by atoms with E-state index in [2.05, 4.69) is 10.3 Å². The highest BCUT2D eigenvalue weighted by molar-refractivity contribution is 5.21. The molecule has 102 valence electrons. The van der Waals surface area contributed by atoms with Crippen LogP contribution in [-0.2, 0) is 13.0 Å². The Balaban J connectivity index is 1.69. The summed E-state index contributed by atoms with van der Waals surface area (Å²) in [4.78, 5) is 0. The highest BCUT2D eigenvalue weighted by Gasteiger charge is 2.00. The van der Waals surface area contributed by atoms with E-state index in [9.17, 15) is 4.39 Å². The second-order valence-electron chi connectivity index (χ2n) is 4.17. The maximum atomic E-state index is 12.7. The molecule has 0 bridgehead atoms. The van der Waals surface area contributed by atoms with Crippen LogP contribution in [-0.4, -0.2) is 28.1 Å². The van der Waals surface area contributed by atoms with Crippen molar-refractivity contribution in [2.45, 2.75) is 19.4 Å². The van der Waals surface area contributed by atoms with E-state index in [1.54, 1.807) is 16.8 Å². The Morgan fingerprint density at radius 2 is 2.05 bits per heavy atom. The average Bonchev–Trinajstić information content (AvgIpc) is 2.85. The topological polar surface area (TPSA) is 66.0 Å². The Bertz CT molecular complexity index is 498. The van der Waals surface area contributed by atoms with Crippen LogP contribution in [0.4, 0.5) is 4.39 Å². The highest BCUT2D eigenvalue weighted by Crippen LogP contribution is 2.11. The first-order valence-corrected chi connectivity index (χ1v) is 6.25. The number of aryl methyl sites for hydroxylation is 1. The first-order chi connectivity index (χ1) is 9.28. The monoisotopic (exact) mass is 264 g/mol. The zero-order chi connectivity index (χ0) is 13.5. The number of nitrogens with two attached hydrogens (primary N) is 1. The van der Waals surface area contributed by atoms with Crippen LogP contribution < -0.4 is 10.5 Å². The fourth-order valence-electron chi connectivity index (χ4n) is 1.66. The molecule has 0 saturated carbocycles. The largest absolute Gasteiger partial charge is 0.494 e. The number of halogens is 1. The molecule has 0 aliphatic heterocycles. The molecule has 0 spiro atoms. The zero-order valence-electron chi connectivity index (χ0n) is 10.6. The summed E-state index contributed by atoms with van der Waals surface area (Å²) >= 11 is 0. The minimum Gasteiger partial charge on any atom is -0.494 e. The van der Waals surface area contributed by atoms with Gasteiger partial charge in [0.05, 0.1) is 12.3 Å². The third kappa shape index (κ3) is 4.33. The van der Waals surface area contributed by atoms with Gasteiger partial charge in [0, 0.05) is 25.6 Å². The summed E-state index contributed by atoms with van der Waals surface area (Å²) in [5.74, 6) is 0.409. The van der Waals surface area contributed by atoms with Gasteiger partial charge in [-0.3, -0.25) is 4.68 Å². The molecular weight excluding hydrogens is 247 g/mol. The van der Waals surface area contributed by atoms with Crippen molar-refractivity contribution in [3.05, 3.63) is 42.0 Å². The van der Waals surface area contributed by atoms with Crippen LogP contribution in [0.1, 0.15) is 12.1 Å². The molecule has 0 unspecified atom stereocenters. The minimum atomic E-state index is -0.262. The molecule has 0 fully saturated rings. The van der Waals surface area contributed by atoms with E-state index in [0.29, 0.717) is 18.9 Å². The lowest BCUT2D eigenvalue weighted by Crippen LogP contribution is -2.05. The van der Waals surface area contributed by atoms with E-state index < -0.39 is 0 Å². The third-order valence-corrected chi connectivity index (χ3v) is 2.60. The second-order valence-corrected chi connectivity index (χ2v) is 4.17.